The lowest BCUT2D eigenvalue weighted by atomic mass is 9.84. The molecule has 0 bridgehead atoms. The minimum absolute atomic E-state index is 0. The van der Waals surface area contributed by atoms with Crippen LogP contribution in [0, 0.1) is 142 Å². The number of ether oxygens (including phenoxy) is 2. The largest absolute Gasteiger partial charge is 0.465 e. The van der Waals surface area contributed by atoms with E-state index in [1.54, 1.807) is 0 Å². The van der Waals surface area contributed by atoms with Crippen molar-refractivity contribution in [3.8, 4) is 0 Å². The molecule has 0 aliphatic rings. The van der Waals surface area contributed by atoms with Crippen molar-refractivity contribution in [2.24, 2.45) is 142 Å². The number of nitrogens with one attached hydrogen (secondary N) is 3. The highest BCUT2D eigenvalue weighted by Gasteiger charge is 2.29. The molecule has 6 atom stereocenters. The SMILES string of the molecule is CC(C)CCC(=O)CCCCC[C@H](CC(C)C)C(=O)C(C)C.CC(C)CCC(=O)Nc1ccc(C[C@H](CC(C)C)C(=O)C(C)C)cc1.CC(C)CNC(=O)CC[C@H](CC(C)C)C(=O)C(C)C.CC(C)CNC(=O)C[C@H](CC(C)C)C(=O)C(C)C.CC(C)COC(=O)CCCCC[C@H](CC(C)C)C(=O)C(C)C.CC(C)COCC[C@H](CC(C)C)C(=O)C(C)C.S.S.S.S.S.S. The van der Waals surface area contributed by atoms with Crippen LogP contribution < -0.4 is 16.0 Å². The van der Waals surface area contributed by atoms with Crippen molar-refractivity contribution in [3.05, 3.63) is 29.8 Å². The molecule has 0 spiro atoms. The van der Waals surface area contributed by atoms with Crippen LogP contribution in [0.1, 0.15) is 409 Å². The molecular formula is C107H211N3O13S6. The van der Waals surface area contributed by atoms with Gasteiger partial charge in [0.15, 0.2) is 0 Å². The van der Waals surface area contributed by atoms with Gasteiger partial charge >= 0.3 is 5.97 Å². The third-order valence-electron chi connectivity index (χ3n) is 21.2. The zero-order chi connectivity index (χ0) is 95.9. The van der Waals surface area contributed by atoms with E-state index in [0.717, 1.165) is 146 Å². The number of unbranched alkanes of at least 4 members (excludes halogenated alkanes) is 4. The van der Waals surface area contributed by atoms with Crippen molar-refractivity contribution < 1.29 is 62.2 Å². The standard InChI is InChI=1S/C22H35NO2.C20H38O2.C19H36O3.C16H31NO2.C15H29NO2.C15H30O2.6H2S/c1-15(2)7-12-21(24)23-20-10-8-18(9-11-20)14-19(13-16(3)4)22(25)17(5)6;1-15(2)12-13-19(21)11-9-7-8-10-18(14-16(3)4)20(22)17(5)6;1-14(2)12-17(19(21)16(5)6)10-8-7-9-11-18(20)22-13-15(3)4;1-11(2)9-14(16(19)13(5)6)7-8-15(18)17-10-12(3)4;1-10(2)7-13(15(18)12(5)6)8-14(17)16-9-11(3)4;1-11(2)9-14(15(16)13(5)6)7-8-17-10-12(3)4;;;;;;/h8-11,15-17,19H,7,12-14H2,1-6H3,(H,23,24);15-18H,7-14H2,1-6H3;14-17H,7-13H2,1-6H3;11-14H,7-10H2,1-6H3,(H,17,18);10-13H,7-9H2,1-6H3,(H,16,17);11-14H,7-10H2,1-6H3;6*1H2/t19-;18-;17-;14-;13-;14-;;;;;;/m011101....../s1. The first-order valence-electron chi connectivity index (χ1n) is 49.4. The van der Waals surface area contributed by atoms with E-state index >= 15 is 0 Å². The molecule has 1 aromatic carbocycles. The molecule has 768 valence electrons. The van der Waals surface area contributed by atoms with Crippen LogP contribution in [-0.4, -0.2) is 97.1 Å². The van der Waals surface area contributed by atoms with Crippen molar-refractivity contribution in [2.45, 2.75) is 410 Å². The molecular weight excluding hydrogens is 1730 g/mol. The van der Waals surface area contributed by atoms with Crippen molar-refractivity contribution in [1.82, 2.24) is 10.6 Å². The summed E-state index contributed by atoms with van der Waals surface area (Å²) >= 11 is 0. The molecule has 1 aromatic rings. The number of carbonyl (C=O) groups excluding carboxylic acids is 11. The Morgan fingerprint density at radius 1 is 0.271 bits per heavy atom. The quantitative estimate of drug-likeness (QED) is 0.0406. The minimum Gasteiger partial charge on any atom is -0.465 e. The number of hydrogen-bond acceptors (Lipinski definition) is 13. The van der Waals surface area contributed by atoms with E-state index in [-0.39, 0.29) is 181 Å². The van der Waals surface area contributed by atoms with Crippen LogP contribution in [0.2, 0.25) is 0 Å². The maximum atomic E-state index is 12.5. The number of hydrogen-bond donors (Lipinski definition) is 3. The van der Waals surface area contributed by atoms with Crippen molar-refractivity contribution >= 4 is 151 Å². The van der Waals surface area contributed by atoms with E-state index in [2.05, 4.69) is 168 Å². The number of amides is 3. The van der Waals surface area contributed by atoms with Crippen LogP contribution in [0.3, 0.4) is 0 Å². The normalized spacial score (nSPS) is 12.5. The fourth-order valence-corrected chi connectivity index (χ4v) is 14.5. The van der Waals surface area contributed by atoms with Crippen LogP contribution in [0.25, 0.3) is 0 Å². The van der Waals surface area contributed by atoms with Crippen molar-refractivity contribution in [3.63, 3.8) is 0 Å². The summed E-state index contributed by atoms with van der Waals surface area (Å²) in [5.74, 6) is 9.78. The summed E-state index contributed by atoms with van der Waals surface area (Å²) < 4.78 is 10.7. The Bertz CT molecular complexity index is 2900. The molecule has 0 unspecified atom stereocenters. The third-order valence-corrected chi connectivity index (χ3v) is 21.2. The van der Waals surface area contributed by atoms with Gasteiger partial charge in [-0.25, -0.2) is 0 Å². The Hall–Kier alpha value is -3.15. The first kappa shape index (κ1) is 149. The summed E-state index contributed by atoms with van der Waals surface area (Å²) in [7, 11) is 0. The predicted molar refractivity (Wildman–Crippen MR) is 583 cm³/mol. The summed E-state index contributed by atoms with van der Waals surface area (Å²) in [5.41, 5.74) is 1.98. The van der Waals surface area contributed by atoms with Gasteiger partial charge in [-0.15, -0.1) is 0 Å². The summed E-state index contributed by atoms with van der Waals surface area (Å²) in [5, 5.41) is 8.74. The Morgan fingerprint density at radius 3 is 0.930 bits per heavy atom. The lowest BCUT2D eigenvalue weighted by molar-refractivity contribution is -0.145. The van der Waals surface area contributed by atoms with Crippen molar-refractivity contribution in [2.75, 3.05) is 38.2 Å². The summed E-state index contributed by atoms with van der Waals surface area (Å²) in [6.07, 6.45) is 21.1. The van der Waals surface area contributed by atoms with Gasteiger partial charge in [-0.1, -0.05) is 287 Å². The zero-order valence-corrected chi connectivity index (χ0v) is 95.7. The van der Waals surface area contributed by atoms with Gasteiger partial charge in [-0.2, -0.15) is 81.0 Å². The van der Waals surface area contributed by atoms with Gasteiger partial charge in [0.2, 0.25) is 17.7 Å². The molecule has 0 aliphatic carbocycles. The lowest BCUT2D eigenvalue weighted by Gasteiger charge is -2.20. The molecule has 0 radical (unpaired) electrons. The topological polar surface area (TPSA) is 242 Å². The molecule has 3 N–H and O–H groups in total. The first-order chi connectivity index (χ1) is 57.0. The second-order valence-electron chi connectivity index (χ2n) is 42.8. The number of esters is 1. The van der Waals surface area contributed by atoms with E-state index < -0.39 is 0 Å². The predicted octanol–water partition coefficient (Wildman–Crippen LogP) is 27.4. The molecule has 129 heavy (non-hydrogen) atoms. The molecule has 0 aromatic heterocycles. The van der Waals surface area contributed by atoms with Crippen molar-refractivity contribution in [1.29, 1.82) is 0 Å². The fraction of sp³-hybridized carbons (Fsp3) is 0.841. The molecule has 22 heteroatoms. The molecule has 0 fully saturated rings. The number of anilines is 1. The van der Waals surface area contributed by atoms with Gasteiger partial charge in [0.1, 0.15) is 40.5 Å². The number of carbonyl (C=O) groups is 11. The smallest absolute Gasteiger partial charge is 0.305 e. The fourth-order valence-electron chi connectivity index (χ4n) is 14.5. The van der Waals surface area contributed by atoms with Gasteiger partial charge in [0.05, 0.1) is 6.61 Å². The van der Waals surface area contributed by atoms with E-state index in [4.69, 9.17) is 9.47 Å². The highest BCUT2D eigenvalue weighted by atomic mass is 32.1. The van der Waals surface area contributed by atoms with Gasteiger partial charge < -0.3 is 25.4 Å². The van der Waals surface area contributed by atoms with Crippen LogP contribution in [0.4, 0.5) is 5.69 Å². The van der Waals surface area contributed by atoms with E-state index in [0.29, 0.717) is 164 Å². The lowest BCUT2D eigenvalue weighted by Crippen LogP contribution is -2.32. The van der Waals surface area contributed by atoms with Crippen LogP contribution in [0.15, 0.2) is 24.3 Å². The molecule has 16 nitrogen and oxygen atoms in total. The van der Waals surface area contributed by atoms with Crippen LogP contribution in [-0.2, 0) is 68.6 Å². The van der Waals surface area contributed by atoms with Crippen LogP contribution in [0.5, 0.6) is 0 Å². The molecule has 0 aliphatic heterocycles. The summed E-state index contributed by atoms with van der Waals surface area (Å²) in [6, 6.07) is 7.93. The summed E-state index contributed by atoms with van der Waals surface area (Å²) in [4.78, 5) is 132. The first-order valence-corrected chi connectivity index (χ1v) is 49.4. The monoisotopic (exact) mass is 1940 g/mol. The third kappa shape index (κ3) is 91.1. The van der Waals surface area contributed by atoms with E-state index in [9.17, 15) is 52.7 Å². The maximum Gasteiger partial charge on any atom is 0.305 e. The minimum atomic E-state index is -0.128. The summed E-state index contributed by atoms with van der Waals surface area (Å²) in [6.45, 7) is 78.0. The zero-order valence-electron chi connectivity index (χ0n) is 89.7. The highest BCUT2D eigenvalue weighted by molar-refractivity contribution is 7.60. The number of ketones is 7. The van der Waals surface area contributed by atoms with Gasteiger partial charge in [0.25, 0.3) is 0 Å². The molecule has 1 rings (SSSR count). The molecule has 0 saturated heterocycles. The number of benzene rings is 1. The highest BCUT2D eigenvalue weighted by Crippen LogP contribution is 2.29. The average Bonchev–Trinajstić information content (AvgIpc) is 1.22. The van der Waals surface area contributed by atoms with Gasteiger partial charge in [0, 0.05) is 142 Å². The van der Waals surface area contributed by atoms with Crippen LogP contribution >= 0.6 is 81.0 Å². The second-order valence-corrected chi connectivity index (χ2v) is 42.8. The Labute approximate surface area is 837 Å². The number of Topliss-reactive ketones (excluding diaryl/α,β-unsaturated/α-hetero) is 7. The second kappa shape index (κ2) is 88.8. The Balaban J connectivity index is -0.000000143. The van der Waals surface area contributed by atoms with Gasteiger partial charge in [-0.05, 0) is 185 Å². The number of rotatable bonds is 61. The molecule has 0 heterocycles. The molecule has 0 saturated carbocycles. The maximum absolute atomic E-state index is 12.5. The van der Waals surface area contributed by atoms with E-state index in [1.807, 2.05) is 121 Å². The van der Waals surface area contributed by atoms with E-state index in [1.165, 1.54) is 0 Å². The molecule has 3 amide bonds. The Morgan fingerprint density at radius 2 is 0.581 bits per heavy atom. The average molecular weight is 1940 g/mol. The Kier molecular flexibility index (Phi) is 102. The van der Waals surface area contributed by atoms with Gasteiger partial charge in [-0.3, -0.25) is 52.7 Å².